The van der Waals surface area contributed by atoms with Crippen molar-refractivity contribution in [2.24, 2.45) is 0 Å². The van der Waals surface area contributed by atoms with Gasteiger partial charge in [-0.3, -0.25) is 5.32 Å². The highest BCUT2D eigenvalue weighted by molar-refractivity contribution is 7.14. The standard InChI is InChI=1S/C19H19N3O3S/c1-24-16-9-8-14(10-17(16)25-2)15-12-26-19(21-15)22-18(23)20-11-13-6-4-3-5-7-13/h3-10,12H,11H2,1-2H3,(H2,20,21,22,23). The second-order valence-electron chi connectivity index (χ2n) is 5.40. The Morgan fingerprint density at radius 2 is 1.85 bits per heavy atom. The number of ether oxygens (including phenoxy) is 2. The van der Waals surface area contributed by atoms with E-state index in [4.69, 9.17) is 9.47 Å². The zero-order valence-electron chi connectivity index (χ0n) is 14.5. The maximum Gasteiger partial charge on any atom is 0.321 e. The highest BCUT2D eigenvalue weighted by Crippen LogP contribution is 2.33. The molecular formula is C19H19N3O3S. The molecule has 1 heterocycles. The van der Waals surface area contributed by atoms with Crippen molar-refractivity contribution in [3.63, 3.8) is 0 Å². The lowest BCUT2D eigenvalue weighted by Crippen LogP contribution is -2.28. The zero-order chi connectivity index (χ0) is 18.4. The number of carbonyl (C=O) groups excluding carboxylic acids is 1. The van der Waals surface area contributed by atoms with E-state index in [1.165, 1.54) is 11.3 Å². The highest BCUT2D eigenvalue weighted by atomic mass is 32.1. The van der Waals surface area contributed by atoms with Gasteiger partial charge in [-0.05, 0) is 23.8 Å². The van der Waals surface area contributed by atoms with E-state index in [9.17, 15) is 4.79 Å². The fraction of sp³-hybridized carbons (Fsp3) is 0.158. The monoisotopic (exact) mass is 369 g/mol. The minimum atomic E-state index is -0.290. The van der Waals surface area contributed by atoms with Gasteiger partial charge in [0.05, 0.1) is 19.9 Å². The Balaban J connectivity index is 1.63. The summed E-state index contributed by atoms with van der Waals surface area (Å²) in [5, 5.41) is 7.98. The van der Waals surface area contributed by atoms with Gasteiger partial charge in [0.25, 0.3) is 0 Å². The van der Waals surface area contributed by atoms with Crippen LogP contribution in [-0.4, -0.2) is 25.2 Å². The molecular weight excluding hydrogens is 350 g/mol. The van der Waals surface area contributed by atoms with Gasteiger partial charge in [0.1, 0.15) is 0 Å². The van der Waals surface area contributed by atoms with Crippen molar-refractivity contribution >= 4 is 22.5 Å². The molecule has 6 nitrogen and oxygen atoms in total. The van der Waals surface area contributed by atoms with Crippen molar-refractivity contribution in [2.75, 3.05) is 19.5 Å². The largest absolute Gasteiger partial charge is 0.493 e. The number of aromatic nitrogens is 1. The lowest BCUT2D eigenvalue weighted by atomic mass is 10.1. The molecule has 0 aliphatic heterocycles. The van der Waals surface area contributed by atoms with E-state index in [1.807, 2.05) is 53.9 Å². The Hall–Kier alpha value is -3.06. The minimum absolute atomic E-state index is 0.290. The first-order chi connectivity index (χ1) is 12.7. The average molecular weight is 369 g/mol. The number of benzene rings is 2. The van der Waals surface area contributed by atoms with Gasteiger partial charge in [-0.25, -0.2) is 9.78 Å². The minimum Gasteiger partial charge on any atom is -0.493 e. The molecule has 2 amide bonds. The first-order valence-corrected chi connectivity index (χ1v) is 8.84. The van der Waals surface area contributed by atoms with E-state index in [2.05, 4.69) is 15.6 Å². The zero-order valence-corrected chi connectivity index (χ0v) is 15.3. The van der Waals surface area contributed by atoms with E-state index in [-0.39, 0.29) is 6.03 Å². The normalized spacial score (nSPS) is 10.2. The first kappa shape index (κ1) is 17.8. The van der Waals surface area contributed by atoms with Crippen LogP contribution >= 0.6 is 11.3 Å². The molecule has 3 aromatic rings. The summed E-state index contributed by atoms with van der Waals surface area (Å²) < 4.78 is 10.6. The fourth-order valence-corrected chi connectivity index (χ4v) is 3.09. The van der Waals surface area contributed by atoms with Gasteiger partial charge in [-0.15, -0.1) is 11.3 Å². The Kier molecular flexibility index (Phi) is 5.70. The number of anilines is 1. The summed E-state index contributed by atoms with van der Waals surface area (Å²) in [6.45, 7) is 0.459. The smallest absolute Gasteiger partial charge is 0.321 e. The summed E-state index contributed by atoms with van der Waals surface area (Å²) in [5.41, 5.74) is 2.68. The van der Waals surface area contributed by atoms with Crippen LogP contribution in [0.2, 0.25) is 0 Å². The number of urea groups is 1. The summed E-state index contributed by atoms with van der Waals surface area (Å²) in [6, 6.07) is 15.0. The number of hydrogen-bond donors (Lipinski definition) is 2. The van der Waals surface area contributed by atoms with Crippen molar-refractivity contribution in [3.8, 4) is 22.8 Å². The quantitative estimate of drug-likeness (QED) is 0.685. The molecule has 0 spiro atoms. The maximum absolute atomic E-state index is 12.0. The van der Waals surface area contributed by atoms with Crippen molar-refractivity contribution in [3.05, 3.63) is 59.5 Å². The van der Waals surface area contributed by atoms with E-state index in [0.717, 1.165) is 16.8 Å². The Labute approximate surface area is 155 Å². The maximum atomic E-state index is 12.0. The molecule has 0 saturated carbocycles. The Morgan fingerprint density at radius 1 is 1.08 bits per heavy atom. The average Bonchev–Trinajstić information content (AvgIpc) is 3.15. The third-order valence-electron chi connectivity index (χ3n) is 3.70. The molecule has 0 aliphatic carbocycles. The number of rotatable bonds is 6. The number of nitrogens with zero attached hydrogens (tertiary/aromatic N) is 1. The van der Waals surface area contributed by atoms with Crippen LogP contribution in [0.1, 0.15) is 5.56 Å². The Bertz CT molecular complexity index is 881. The number of hydrogen-bond acceptors (Lipinski definition) is 5. The number of methoxy groups -OCH3 is 2. The predicted octanol–water partition coefficient (Wildman–Crippen LogP) is 4.15. The van der Waals surface area contributed by atoms with Gasteiger partial charge in [0, 0.05) is 17.5 Å². The number of nitrogens with one attached hydrogen (secondary N) is 2. The third-order valence-corrected chi connectivity index (χ3v) is 4.46. The van der Waals surface area contributed by atoms with Crippen molar-refractivity contribution < 1.29 is 14.3 Å². The van der Waals surface area contributed by atoms with Crippen molar-refractivity contribution in [1.29, 1.82) is 0 Å². The van der Waals surface area contributed by atoms with Crippen LogP contribution < -0.4 is 20.1 Å². The number of carbonyl (C=O) groups is 1. The number of thiazole rings is 1. The molecule has 26 heavy (non-hydrogen) atoms. The second-order valence-corrected chi connectivity index (χ2v) is 6.26. The van der Waals surface area contributed by atoms with Crippen LogP contribution in [-0.2, 0) is 6.54 Å². The molecule has 2 aromatic carbocycles. The summed E-state index contributed by atoms with van der Waals surface area (Å²) in [7, 11) is 3.18. The van der Waals surface area contributed by atoms with Gasteiger partial charge >= 0.3 is 6.03 Å². The predicted molar refractivity (Wildman–Crippen MR) is 103 cm³/mol. The molecule has 7 heteroatoms. The van der Waals surface area contributed by atoms with Gasteiger partial charge in [0.2, 0.25) is 0 Å². The van der Waals surface area contributed by atoms with E-state index >= 15 is 0 Å². The fourth-order valence-electron chi connectivity index (χ4n) is 2.38. The molecule has 0 saturated heterocycles. The van der Waals surface area contributed by atoms with Gasteiger partial charge < -0.3 is 14.8 Å². The Morgan fingerprint density at radius 3 is 2.58 bits per heavy atom. The molecule has 3 rings (SSSR count). The SMILES string of the molecule is COc1ccc(-c2csc(NC(=O)NCc3ccccc3)n2)cc1OC. The summed E-state index contributed by atoms with van der Waals surface area (Å²) in [6.07, 6.45) is 0. The van der Waals surface area contributed by atoms with Crippen LogP contribution in [0.4, 0.5) is 9.93 Å². The van der Waals surface area contributed by atoms with Gasteiger partial charge in [-0.1, -0.05) is 30.3 Å². The first-order valence-electron chi connectivity index (χ1n) is 7.96. The lowest BCUT2D eigenvalue weighted by Gasteiger charge is -2.08. The third kappa shape index (κ3) is 4.31. The van der Waals surface area contributed by atoms with Gasteiger partial charge in [-0.2, -0.15) is 0 Å². The van der Waals surface area contributed by atoms with E-state index < -0.39 is 0 Å². The van der Waals surface area contributed by atoms with Crippen molar-refractivity contribution in [2.45, 2.75) is 6.54 Å². The molecule has 1 aromatic heterocycles. The summed E-state index contributed by atoms with van der Waals surface area (Å²) >= 11 is 1.36. The molecule has 0 unspecified atom stereocenters. The number of amides is 2. The summed E-state index contributed by atoms with van der Waals surface area (Å²) in [5.74, 6) is 1.29. The molecule has 0 radical (unpaired) electrons. The van der Waals surface area contributed by atoms with Gasteiger partial charge in [0.15, 0.2) is 16.6 Å². The molecule has 0 aliphatic rings. The molecule has 134 valence electrons. The molecule has 0 fully saturated rings. The van der Waals surface area contributed by atoms with E-state index in [1.54, 1.807) is 14.2 Å². The van der Waals surface area contributed by atoms with Crippen LogP contribution in [0.5, 0.6) is 11.5 Å². The van der Waals surface area contributed by atoms with Crippen LogP contribution in [0.3, 0.4) is 0 Å². The highest BCUT2D eigenvalue weighted by Gasteiger charge is 2.11. The lowest BCUT2D eigenvalue weighted by molar-refractivity contribution is 0.251. The molecule has 0 atom stereocenters. The van der Waals surface area contributed by atoms with Crippen molar-refractivity contribution in [1.82, 2.24) is 10.3 Å². The second kappa shape index (κ2) is 8.35. The molecule has 2 N–H and O–H groups in total. The van der Waals surface area contributed by atoms with Crippen LogP contribution in [0.15, 0.2) is 53.9 Å². The summed E-state index contributed by atoms with van der Waals surface area (Å²) in [4.78, 5) is 16.5. The van der Waals surface area contributed by atoms with E-state index in [0.29, 0.717) is 23.2 Å². The topological polar surface area (TPSA) is 72.5 Å². The van der Waals surface area contributed by atoms with Crippen LogP contribution in [0, 0.1) is 0 Å². The van der Waals surface area contributed by atoms with Crippen LogP contribution in [0.25, 0.3) is 11.3 Å². The molecule has 0 bridgehead atoms.